The van der Waals surface area contributed by atoms with E-state index in [2.05, 4.69) is 9.78 Å². The minimum atomic E-state index is -0.180. The SMILES string of the molecule is Cn1c(=O)n([C@H]2CCCN(C(=O)CC#N)C2)c2nc(-c3cnn4c3CCCC4)ccc21. The van der Waals surface area contributed by atoms with Crippen LogP contribution in [0, 0.1) is 11.3 Å². The molecule has 1 amide bonds. The zero-order chi connectivity index (χ0) is 21.5. The third-order valence-corrected chi connectivity index (χ3v) is 6.54. The van der Waals surface area contributed by atoms with Crippen molar-refractivity contribution < 1.29 is 4.79 Å². The monoisotopic (exact) mass is 419 g/mol. The maximum atomic E-state index is 13.1. The summed E-state index contributed by atoms with van der Waals surface area (Å²) in [6, 6.07) is 5.68. The Bertz CT molecular complexity index is 1260. The summed E-state index contributed by atoms with van der Waals surface area (Å²) in [7, 11) is 1.76. The molecule has 1 atom stereocenters. The van der Waals surface area contributed by atoms with Gasteiger partial charge >= 0.3 is 5.69 Å². The van der Waals surface area contributed by atoms with Crippen molar-refractivity contribution in [2.24, 2.45) is 7.05 Å². The average molecular weight is 419 g/mol. The van der Waals surface area contributed by atoms with E-state index in [0.29, 0.717) is 18.7 Å². The minimum Gasteiger partial charge on any atom is -0.340 e. The number of amides is 1. The Morgan fingerprint density at radius 1 is 1.26 bits per heavy atom. The smallest absolute Gasteiger partial charge is 0.330 e. The van der Waals surface area contributed by atoms with Crippen LogP contribution in [0.4, 0.5) is 0 Å². The summed E-state index contributed by atoms with van der Waals surface area (Å²) in [5.41, 5.74) is 4.34. The third kappa shape index (κ3) is 3.23. The number of aryl methyl sites for hydroxylation is 2. The van der Waals surface area contributed by atoms with Gasteiger partial charge in [-0.15, -0.1) is 0 Å². The number of pyridine rings is 1. The summed E-state index contributed by atoms with van der Waals surface area (Å²) in [4.78, 5) is 32.0. The quantitative estimate of drug-likeness (QED) is 0.646. The van der Waals surface area contributed by atoms with Crippen molar-refractivity contribution in [2.45, 2.75) is 51.1 Å². The molecule has 0 spiro atoms. The van der Waals surface area contributed by atoms with Gasteiger partial charge in [0.25, 0.3) is 0 Å². The van der Waals surface area contributed by atoms with Crippen molar-refractivity contribution in [3.05, 3.63) is 34.5 Å². The molecule has 3 aromatic rings. The molecule has 160 valence electrons. The van der Waals surface area contributed by atoms with Crippen LogP contribution in [0.1, 0.15) is 43.8 Å². The summed E-state index contributed by atoms with van der Waals surface area (Å²) in [5.74, 6) is -0.180. The second-order valence-corrected chi connectivity index (χ2v) is 8.41. The maximum Gasteiger partial charge on any atom is 0.330 e. The summed E-state index contributed by atoms with van der Waals surface area (Å²) in [6.07, 6.45) is 6.60. The van der Waals surface area contributed by atoms with Crippen LogP contribution in [-0.2, 0) is 24.8 Å². The molecular weight excluding hydrogens is 394 g/mol. The van der Waals surface area contributed by atoms with E-state index in [1.807, 2.05) is 24.4 Å². The maximum absolute atomic E-state index is 13.1. The van der Waals surface area contributed by atoms with E-state index in [1.165, 1.54) is 5.69 Å². The number of hydrogen-bond donors (Lipinski definition) is 0. The van der Waals surface area contributed by atoms with E-state index in [1.54, 1.807) is 21.1 Å². The average Bonchev–Trinajstić information content (AvgIpc) is 3.33. The lowest BCUT2D eigenvalue weighted by atomic mass is 10.0. The Hall–Kier alpha value is -3.41. The molecule has 0 N–H and O–H groups in total. The van der Waals surface area contributed by atoms with Crippen LogP contribution in [-0.4, -0.2) is 47.8 Å². The highest BCUT2D eigenvalue weighted by atomic mass is 16.2. The molecule has 0 radical (unpaired) electrons. The normalized spacial score (nSPS) is 18.7. The zero-order valence-electron chi connectivity index (χ0n) is 17.6. The molecule has 9 heteroatoms. The number of hydrogen-bond acceptors (Lipinski definition) is 5. The van der Waals surface area contributed by atoms with E-state index in [0.717, 1.165) is 55.4 Å². The van der Waals surface area contributed by atoms with Crippen molar-refractivity contribution >= 4 is 17.1 Å². The first-order valence-electron chi connectivity index (χ1n) is 10.9. The van der Waals surface area contributed by atoms with Crippen LogP contribution in [0.3, 0.4) is 0 Å². The first-order chi connectivity index (χ1) is 15.1. The molecule has 0 bridgehead atoms. The number of carbonyl (C=O) groups excluding carboxylic acids is 1. The molecule has 0 saturated carbocycles. The summed E-state index contributed by atoms with van der Waals surface area (Å²) in [6.45, 7) is 1.98. The van der Waals surface area contributed by atoms with E-state index in [-0.39, 0.29) is 24.1 Å². The van der Waals surface area contributed by atoms with E-state index in [4.69, 9.17) is 10.2 Å². The number of piperidine rings is 1. The van der Waals surface area contributed by atoms with E-state index < -0.39 is 0 Å². The standard InChI is InChI=1S/C22H25N7O2/c1-26-19-8-7-17(16-13-24-28-12-3-2-6-18(16)28)25-21(19)29(22(26)31)15-5-4-11-27(14-15)20(30)9-10-23/h7-8,13,15H,2-6,9,11-12,14H2,1H3/t15-/m0/s1. The number of aromatic nitrogens is 5. The fraction of sp³-hybridized carbons (Fsp3) is 0.500. The van der Waals surface area contributed by atoms with Crippen LogP contribution in [0.5, 0.6) is 0 Å². The Balaban J connectivity index is 1.57. The van der Waals surface area contributed by atoms with Gasteiger partial charge in [-0.1, -0.05) is 0 Å². The molecule has 0 aliphatic carbocycles. The topological polar surface area (TPSA) is 102 Å². The summed E-state index contributed by atoms with van der Waals surface area (Å²) < 4.78 is 5.42. The zero-order valence-corrected chi connectivity index (χ0v) is 17.6. The molecule has 0 aromatic carbocycles. The number of carbonyl (C=O) groups is 1. The molecule has 5 heterocycles. The summed E-state index contributed by atoms with van der Waals surface area (Å²) >= 11 is 0. The van der Waals surface area contributed by atoms with E-state index in [9.17, 15) is 9.59 Å². The van der Waals surface area contributed by atoms with Crippen LogP contribution in [0.15, 0.2) is 23.1 Å². The highest BCUT2D eigenvalue weighted by Crippen LogP contribution is 2.29. The van der Waals surface area contributed by atoms with Crippen molar-refractivity contribution in [1.29, 1.82) is 5.26 Å². The highest BCUT2D eigenvalue weighted by molar-refractivity contribution is 5.79. The van der Waals surface area contributed by atoms with Gasteiger partial charge in [0.1, 0.15) is 6.42 Å². The third-order valence-electron chi connectivity index (χ3n) is 6.54. The molecule has 9 nitrogen and oxygen atoms in total. The molecule has 5 rings (SSSR count). The molecule has 3 aromatic heterocycles. The lowest BCUT2D eigenvalue weighted by molar-refractivity contribution is -0.131. The molecule has 1 fully saturated rings. The van der Waals surface area contributed by atoms with Gasteiger partial charge < -0.3 is 4.90 Å². The lowest BCUT2D eigenvalue weighted by Gasteiger charge is -2.32. The van der Waals surface area contributed by atoms with Gasteiger partial charge in [-0.2, -0.15) is 10.4 Å². The fourth-order valence-corrected chi connectivity index (χ4v) is 4.92. The van der Waals surface area contributed by atoms with Gasteiger partial charge in [-0.25, -0.2) is 9.78 Å². The Labute approximate surface area is 179 Å². The predicted octanol–water partition coefficient (Wildman–Crippen LogP) is 2.01. The van der Waals surface area contributed by atoms with Gasteiger partial charge in [-0.05, 0) is 44.2 Å². The molecule has 31 heavy (non-hydrogen) atoms. The second kappa shape index (κ2) is 7.69. The van der Waals surface area contributed by atoms with Crippen molar-refractivity contribution in [1.82, 2.24) is 28.8 Å². The minimum absolute atomic E-state index is 0.128. The van der Waals surface area contributed by atoms with Crippen LogP contribution >= 0.6 is 0 Å². The number of fused-ring (bicyclic) bond motifs is 2. The van der Waals surface area contributed by atoms with E-state index >= 15 is 0 Å². The number of nitrogens with zero attached hydrogens (tertiary/aromatic N) is 7. The van der Waals surface area contributed by atoms with Crippen molar-refractivity contribution in [3.63, 3.8) is 0 Å². The van der Waals surface area contributed by atoms with Gasteiger partial charge in [0.05, 0.1) is 29.5 Å². The predicted molar refractivity (Wildman–Crippen MR) is 114 cm³/mol. The van der Waals surface area contributed by atoms with Crippen LogP contribution < -0.4 is 5.69 Å². The molecule has 1 saturated heterocycles. The van der Waals surface area contributed by atoms with Crippen LogP contribution in [0.25, 0.3) is 22.4 Å². The van der Waals surface area contributed by atoms with Gasteiger partial charge in [0.15, 0.2) is 5.65 Å². The molecule has 2 aliphatic rings. The number of nitriles is 1. The largest absolute Gasteiger partial charge is 0.340 e. The highest BCUT2D eigenvalue weighted by Gasteiger charge is 2.28. The lowest BCUT2D eigenvalue weighted by Crippen LogP contribution is -2.42. The Morgan fingerprint density at radius 2 is 2.13 bits per heavy atom. The fourth-order valence-electron chi connectivity index (χ4n) is 4.92. The molecule has 2 aliphatic heterocycles. The van der Waals surface area contributed by atoms with Crippen molar-refractivity contribution in [3.8, 4) is 17.3 Å². The first-order valence-corrected chi connectivity index (χ1v) is 10.9. The first kappa shape index (κ1) is 19.5. The Kier molecular flexibility index (Phi) is 4.85. The number of likely N-dealkylation sites (tertiary alicyclic amines) is 1. The summed E-state index contributed by atoms with van der Waals surface area (Å²) in [5, 5.41) is 13.4. The number of imidazole rings is 1. The molecular formula is C22H25N7O2. The number of rotatable bonds is 3. The molecule has 0 unspecified atom stereocenters. The van der Waals surface area contributed by atoms with Crippen LogP contribution in [0.2, 0.25) is 0 Å². The van der Waals surface area contributed by atoms with Gasteiger partial charge in [0, 0.05) is 37.9 Å². The van der Waals surface area contributed by atoms with Crippen molar-refractivity contribution in [2.75, 3.05) is 13.1 Å². The second-order valence-electron chi connectivity index (χ2n) is 8.41. The van der Waals surface area contributed by atoms with Gasteiger partial charge in [0.2, 0.25) is 5.91 Å². The Morgan fingerprint density at radius 3 is 2.97 bits per heavy atom. The van der Waals surface area contributed by atoms with Gasteiger partial charge in [-0.3, -0.25) is 18.6 Å².